The number of hydrogen-bond donors (Lipinski definition) is 2. The van der Waals surface area contributed by atoms with E-state index in [1.165, 1.54) is 12.1 Å². The molecule has 0 aliphatic heterocycles. The molecule has 0 atom stereocenters. The van der Waals surface area contributed by atoms with E-state index >= 15 is 0 Å². The standard InChI is InChI=1S/C13H19NO3/c1-2-3-4-5-9-17-13(16)10-7-6-8-11(14)12(10)15/h6-8,15H,2-5,9,14H2,1H3. The second kappa shape index (κ2) is 6.78. The van der Waals surface area contributed by atoms with Gasteiger partial charge >= 0.3 is 5.97 Å². The highest BCUT2D eigenvalue weighted by atomic mass is 16.5. The van der Waals surface area contributed by atoms with Crippen LogP contribution >= 0.6 is 0 Å². The van der Waals surface area contributed by atoms with Crippen molar-refractivity contribution >= 4 is 11.7 Å². The summed E-state index contributed by atoms with van der Waals surface area (Å²) < 4.78 is 5.06. The number of carbonyl (C=O) groups excluding carboxylic acids is 1. The third-order valence-electron chi connectivity index (χ3n) is 2.52. The maximum absolute atomic E-state index is 11.6. The monoisotopic (exact) mass is 237 g/mol. The number of hydrogen-bond acceptors (Lipinski definition) is 4. The molecular formula is C13H19NO3. The Morgan fingerprint density at radius 1 is 1.35 bits per heavy atom. The molecule has 17 heavy (non-hydrogen) atoms. The SMILES string of the molecule is CCCCCCOC(=O)c1cccc(N)c1O. The van der Waals surface area contributed by atoms with Gasteiger partial charge in [0.1, 0.15) is 5.56 Å². The Bertz CT molecular complexity index is 377. The first kappa shape index (κ1) is 13.4. The molecule has 1 aromatic carbocycles. The minimum Gasteiger partial charge on any atom is -0.505 e. The highest BCUT2D eigenvalue weighted by Gasteiger charge is 2.13. The molecule has 0 saturated heterocycles. The third-order valence-corrected chi connectivity index (χ3v) is 2.52. The molecule has 3 N–H and O–H groups in total. The second-order valence-corrected chi connectivity index (χ2v) is 3.94. The third kappa shape index (κ3) is 3.98. The van der Waals surface area contributed by atoms with Gasteiger partial charge in [0.05, 0.1) is 12.3 Å². The molecule has 0 aliphatic rings. The Morgan fingerprint density at radius 2 is 2.12 bits per heavy atom. The predicted octanol–water partition coefficient (Wildman–Crippen LogP) is 2.71. The van der Waals surface area contributed by atoms with Gasteiger partial charge in [0.25, 0.3) is 0 Å². The van der Waals surface area contributed by atoms with Crippen LogP contribution < -0.4 is 5.73 Å². The molecule has 0 bridgehead atoms. The minimum absolute atomic E-state index is 0.125. The van der Waals surface area contributed by atoms with Crippen LogP contribution in [-0.4, -0.2) is 17.7 Å². The van der Waals surface area contributed by atoms with Crippen molar-refractivity contribution in [3.63, 3.8) is 0 Å². The summed E-state index contributed by atoms with van der Waals surface area (Å²) in [7, 11) is 0. The number of phenols is 1. The average molecular weight is 237 g/mol. The summed E-state index contributed by atoms with van der Waals surface area (Å²) in [4.78, 5) is 11.6. The van der Waals surface area contributed by atoms with Gasteiger partial charge in [0.15, 0.2) is 5.75 Å². The summed E-state index contributed by atoms with van der Waals surface area (Å²) in [5.41, 5.74) is 5.81. The Balaban J connectivity index is 2.44. The summed E-state index contributed by atoms with van der Waals surface area (Å²) in [6.07, 6.45) is 4.18. The highest BCUT2D eigenvalue weighted by molar-refractivity contribution is 5.94. The number of esters is 1. The first-order valence-corrected chi connectivity index (χ1v) is 5.91. The van der Waals surface area contributed by atoms with Gasteiger partial charge in [0.2, 0.25) is 0 Å². The molecule has 94 valence electrons. The van der Waals surface area contributed by atoms with E-state index in [0.29, 0.717) is 6.61 Å². The topological polar surface area (TPSA) is 72.5 Å². The van der Waals surface area contributed by atoms with Crippen molar-refractivity contribution in [1.82, 2.24) is 0 Å². The van der Waals surface area contributed by atoms with Gasteiger partial charge in [-0.2, -0.15) is 0 Å². The van der Waals surface area contributed by atoms with Crippen molar-refractivity contribution in [2.45, 2.75) is 32.6 Å². The average Bonchev–Trinajstić information content (AvgIpc) is 2.32. The second-order valence-electron chi connectivity index (χ2n) is 3.94. The van der Waals surface area contributed by atoms with E-state index in [4.69, 9.17) is 10.5 Å². The first-order chi connectivity index (χ1) is 8.16. The molecule has 0 aromatic heterocycles. The van der Waals surface area contributed by atoms with E-state index < -0.39 is 5.97 Å². The molecular weight excluding hydrogens is 218 g/mol. The van der Waals surface area contributed by atoms with Gasteiger partial charge in [-0.3, -0.25) is 0 Å². The summed E-state index contributed by atoms with van der Waals surface area (Å²) in [5.74, 6) is -0.725. The van der Waals surface area contributed by atoms with E-state index in [1.54, 1.807) is 6.07 Å². The lowest BCUT2D eigenvalue weighted by atomic mass is 10.2. The number of ether oxygens (including phenoxy) is 1. The fraction of sp³-hybridized carbons (Fsp3) is 0.462. The highest BCUT2D eigenvalue weighted by Crippen LogP contribution is 2.24. The first-order valence-electron chi connectivity index (χ1n) is 5.91. The molecule has 0 spiro atoms. The van der Waals surface area contributed by atoms with Gasteiger partial charge < -0.3 is 15.6 Å². The molecule has 0 fully saturated rings. The number of unbranched alkanes of at least 4 members (excludes halogenated alkanes) is 3. The summed E-state index contributed by atoms with van der Waals surface area (Å²) in [6, 6.07) is 4.65. The fourth-order valence-electron chi connectivity index (χ4n) is 1.50. The van der Waals surface area contributed by atoms with Crippen LogP contribution in [0, 0.1) is 0 Å². The van der Waals surface area contributed by atoms with Crippen molar-refractivity contribution in [3.8, 4) is 5.75 Å². The zero-order valence-electron chi connectivity index (χ0n) is 10.1. The van der Waals surface area contributed by atoms with Crippen LogP contribution in [0.2, 0.25) is 0 Å². The molecule has 0 aliphatic carbocycles. The van der Waals surface area contributed by atoms with Crippen molar-refractivity contribution in [3.05, 3.63) is 23.8 Å². The molecule has 0 unspecified atom stereocenters. The van der Waals surface area contributed by atoms with Crippen LogP contribution in [0.15, 0.2) is 18.2 Å². The smallest absolute Gasteiger partial charge is 0.341 e. The van der Waals surface area contributed by atoms with Crippen LogP contribution in [0.3, 0.4) is 0 Å². The normalized spacial score (nSPS) is 10.2. The van der Waals surface area contributed by atoms with Crippen molar-refractivity contribution in [1.29, 1.82) is 0 Å². The maximum atomic E-state index is 11.6. The summed E-state index contributed by atoms with van der Waals surface area (Å²) >= 11 is 0. The van der Waals surface area contributed by atoms with E-state index in [1.807, 2.05) is 0 Å². The predicted molar refractivity (Wildman–Crippen MR) is 66.9 cm³/mol. The van der Waals surface area contributed by atoms with Crippen molar-refractivity contribution in [2.75, 3.05) is 12.3 Å². The molecule has 0 heterocycles. The number of anilines is 1. The Morgan fingerprint density at radius 3 is 2.82 bits per heavy atom. The van der Waals surface area contributed by atoms with Crippen LogP contribution in [0.25, 0.3) is 0 Å². The number of aromatic hydroxyl groups is 1. The Labute approximate surface area is 101 Å². The van der Waals surface area contributed by atoms with Gasteiger partial charge in [-0.25, -0.2) is 4.79 Å². The van der Waals surface area contributed by atoms with Crippen molar-refractivity contribution < 1.29 is 14.6 Å². The molecule has 4 heteroatoms. The number of rotatable bonds is 6. The van der Waals surface area contributed by atoms with E-state index in [9.17, 15) is 9.90 Å². The lowest BCUT2D eigenvalue weighted by molar-refractivity contribution is 0.0494. The lowest BCUT2D eigenvalue weighted by Gasteiger charge is -2.07. The Hall–Kier alpha value is -1.71. The van der Waals surface area contributed by atoms with Crippen LogP contribution in [0.1, 0.15) is 43.0 Å². The molecule has 0 saturated carbocycles. The summed E-state index contributed by atoms with van der Waals surface area (Å²) in [5, 5.41) is 9.58. The molecule has 4 nitrogen and oxygen atoms in total. The number of nitrogen functional groups attached to an aromatic ring is 1. The van der Waals surface area contributed by atoms with Crippen LogP contribution in [0.5, 0.6) is 5.75 Å². The van der Waals surface area contributed by atoms with E-state index in [2.05, 4.69) is 6.92 Å². The van der Waals surface area contributed by atoms with E-state index in [-0.39, 0.29) is 17.0 Å². The minimum atomic E-state index is -0.522. The molecule has 1 aromatic rings. The number of phenolic OH excluding ortho intramolecular Hbond substituents is 1. The lowest BCUT2D eigenvalue weighted by Crippen LogP contribution is -2.07. The van der Waals surface area contributed by atoms with Gasteiger partial charge in [0, 0.05) is 0 Å². The number of benzene rings is 1. The molecule has 0 amide bonds. The van der Waals surface area contributed by atoms with Crippen LogP contribution in [-0.2, 0) is 4.74 Å². The van der Waals surface area contributed by atoms with Gasteiger partial charge in [-0.1, -0.05) is 32.3 Å². The summed E-state index contributed by atoms with van der Waals surface area (Å²) in [6.45, 7) is 2.50. The zero-order chi connectivity index (χ0) is 12.7. The van der Waals surface area contributed by atoms with Gasteiger partial charge in [-0.05, 0) is 18.6 Å². The largest absolute Gasteiger partial charge is 0.505 e. The van der Waals surface area contributed by atoms with Crippen molar-refractivity contribution in [2.24, 2.45) is 0 Å². The maximum Gasteiger partial charge on any atom is 0.341 e. The zero-order valence-corrected chi connectivity index (χ0v) is 10.1. The number of para-hydroxylation sites is 1. The Kier molecular flexibility index (Phi) is 5.33. The molecule has 1 rings (SSSR count). The van der Waals surface area contributed by atoms with Crippen LogP contribution in [0.4, 0.5) is 5.69 Å². The number of carbonyl (C=O) groups is 1. The van der Waals surface area contributed by atoms with Gasteiger partial charge in [-0.15, -0.1) is 0 Å². The fourth-order valence-corrected chi connectivity index (χ4v) is 1.50. The number of nitrogens with two attached hydrogens (primary N) is 1. The molecule has 0 radical (unpaired) electrons. The van der Waals surface area contributed by atoms with E-state index in [0.717, 1.165) is 25.7 Å². The quantitative estimate of drug-likeness (QED) is 0.345.